The van der Waals surface area contributed by atoms with Gasteiger partial charge in [0, 0.05) is 0 Å². The van der Waals surface area contributed by atoms with Gasteiger partial charge in [0.25, 0.3) is 0 Å². The normalized spacial score (nSPS) is 18.8. The fourth-order valence-electron chi connectivity index (χ4n) is 2.18. The molecule has 1 aromatic rings. The highest BCUT2D eigenvalue weighted by molar-refractivity contribution is 6.62. The first-order valence-corrected chi connectivity index (χ1v) is 8.08. The molecule has 0 bridgehead atoms. The molecule has 0 aliphatic carbocycles. The Morgan fingerprint density at radius 3 is 2.39 bits per heavy atom. The average molecular weight is 340 g/mol. The Bertz CT molecular complexity index is 575. The summed E-state index contributed by atoms with van der Waals surface area (Å²) in [5, 5.41) is 3.46. The van der Waals surface area contributed by atoms with Gasteiger partial charge in [0.1, 0.15) is 6.54 Å². The molecule has 5 nitrogen and oxygen atoms in total. The van der Waals surface area contributed by atoms with E-state index in [1.165, 1.54) is 0 Å². The van der Waals surface area contributed by atoms with Crippen molar-refractivity contribution in [3.63, 3.8) is 0 Å². The van der Waals surface area contributed by atoms with E-state index < -0.39 is 18.3 Å². The lowest BCUT2D eigenvalue weighted by Crippen LogP contribution is -2.41. The summed E-state index contributed by atoms with van der Waals surface area (Å²) in [5.41, 5.74) is 0.714. The molecule has 0 radical (unpaired) electrons. The molecule has 0 amide bonds. The fraction of sp³-hybridized carbons (Fsp3) is 0.562. The van der Waals surface area contributed by atoms with Gasteiger partial charge >= 0.3 is 13.1 Å². The number of anilines is 1. The first kappa shape index (κ1) is 18.1. The zero-order valence-electron chi connectivity index (χ0n) is 14.2. The second-order valence-electron chi connectivity index (χ2n) is 6.49. The SMILES string of the molecule is CCOC(=O)CNc1ccc(B2OC(C)(C)C(C)(C)O2)cc1Cl. The Kier molecular flexibility index (Phi) is 5.28. The largest absolute Gasteiger partial charge is 0.494 e. The monoisotopic (exact) mass is 339 g/mol. The van der Waals surface area contributed by atoms with Gasteiger partial charge in [-0.1, -0.05) is 17.7 Å². The number of rotatable bonds is 5. The maximum atomic E-state index is 11.4. The van der Waals surface area contributed by atoms with Crippen molar-refractivity contribution in [2.75, 3.05) is 18.5 Å². The Morgan fingerprint density at radius 2 is 1.87 bits per heavy atom. The molecule has 1 aliphatic heterocycles. The van der Waals surface area contributed by atoms with E-state index >= 15 is 0 Å². The molecule has 1 N–H and O–H groups in total. The molecule has 1 heterocycles. The van der Waals surface area contributed by atoms with Crippen LogP contribution in [0.3, 0.4) is 0 Å². The molecule has 1 fully saturated rings. The van der Waals surface area contributed by atoms with Crippen molar-refractivity contribution in [1.29, 1.82) is 0 Å². The molecule has 2 rings (SSSR count). The van der Waals surface area contributed by atoms with Gasteiger partial charge < -0.3 is 19.4 Å². The first-order valence-electron chi connectivity index (χ1n) is 7.71. The van der Waals surface area contributed by atoms with E-state index in [1.807, 2.05) is 39.8 Å². The van der Waals surface area contributed by atoms with Crippen LogP contribution in [0.2, 0.25) is 5.02 Å². The number of carbonyl (C=O) groups is 1. The van der Waals surface area contributed by atoms with E-state index in [0.29, 0.717) is 17.3 Å². The van der Waals surface area contributed by atoms with E-state index in [4.69, 9.17) is 25.6 Å². The van der Waals surface area contributed by atoms with E-state index in [9.17, 15) is 4.79 Å². The Morgan fingerprint density at radius 1 is 1.26 bits per heavy atom. The summed E-state index contributed by atoms with van der Waals surface area (Å²) in [5.74, 6) is -0.321. The van der Waals surface area contributed by atoms with Crippen molar-refractivity contribution in [3.05, 3.63) is 23.2 Å². The number of carbonyl (C=O) groups excluding carboxylic acids is 1. The molecular formula is C16H23BClNO4. The lowest BCUT2D eigenvalue weighted by atomic mass is 9.79. The number of benzene rings is 1. The smallest absolute Gasteiger partial charge is 0.465 e. The summed E-state index contributed by atoms with van der Waals surface area (Å²) in [4.78, 5) is 11.4. The Hall–Kier alpha value is -1.24. The van der Waals surface area contributed by atoms with Gasteiger partial charge in [-0.05, 0) is 52.2 Å². The molecule has 1 aromatic carbocycles. The summed E-state index contributed by atoms with van der Waals surface area (Å²) >= 11 is 6.28. The lowest BCUT2D eigenvalue weighted by molar-refractivity contribution is -0.140. The summed E-state index contributed by atoms with van der Waals surface area (Å²) in [6.07, 6.45) is 0. The number of nitrogens with one attached hydrogen (secondary N) is 1. The fourth-order valence-corrected chi connectivity index (χ4v) is 2.44. The van der Waals surface area contributed by atoms with Crippen molar-refractivity contribution in [2.24, 2.45) is 0 Å². The van der Waals surface area contributed by atoms with Crippen LogP contribution in [-0.4, -0.2) is 37.4 Å². The van der Waals surface area contributed by atoms with Gasteiger partial charge in [-0.3, -0.25) is 4.79 Å². The van der Waals surface area contributed by atoms with Crippen molar-refractivity contribution in [2.45, 2.75) is 45.8 Å². The van der Waals surface area contributed by atoms with Gasteiger partial charge in [-0.2, -0.15) is 0 Å². The average Bonchev–Trinajstić information content (AvgIpc) is 2.66. The van der Waals surface area contributed by atoms with Crippen molar-refractivity contribution in [3.8, 4) is 0 Å². The van der Waals surface area contributed by atoms with Gasteiger partial charge in [-0.25, -0.2) is 0 Å². The number of hydrogen-bond donors (Lipinski definition) is 1. The third-order valence-corrected chi connectivity index (χ3v) is 4.56. The Labute approximate surface area is 142 Å². The summed E-state index contributed by atoms with van der Waals surface area (Å²) in [6.45, 7) is 10.2. The van der Waals surface area contributed by atoms with E-state index in [1.54, 1.807) is 13.0 Å². The number of hydrogen-bond acceptors (Lipinski definition) is 5. The maximum absolute atomic E-state index is 11.4. The molecule has 1 aliphatic rings. The minimum Gasteiger partial charge on any atom is -0.465 e. The van der Waals surface area contributed by atoms with Crippen LogP contribution in [0.25, 0.3) is 0 Å². The second kappa shape index (κ2) is 6.71. The highest BCUT2D eigenvalue weighted by Gasteiger charge is 2.51. The van der Waals surface area contributed by atoms with Gasteiger partial charge in [0.05, 0.1) is 28.5 Å². The molecule has 23 heavy (non-hydrogen) atoms. The predicted molar refractivity (Wildman–Crippen MR) is 92.3 cm³/mol. The second-order valence-corrected chi connectivity index (χ2v) is 6.89. The van der Waals surface area contributed by atoms with Crippen molar-refractivity contribution < 1.29 is 18.8 Å². The van der Waals surface area contributed by atoms with Gasteiger partial charge in [-0.15, -0.1) is 0 Å². The molecular weight excluding hydrogens is 316 g/mol. The number of esters is 1. The molecule has 0 aromatic heterocycles. The number of halogens is 1. The minimum atomic E-state index is -0.461. The summed E-state index contributed by atoms with van der Waals surface area (Å²) < 4.78 is 16.9. The lowest BCUT2D eigenvalue weighted by Gasteiger charge is -2.32. The van der Waals surface area contributed by atoms with Crippen LogP contribution in [0.1, 0.15) is 34.6 Å². The third kappa shape index (κ3) is 4.00. The quantitative estimate of drug-likeness (QED) is 0.660. The molecule has 0 atom stereocenters. The highest BCUT2D eigenvalue weighted by Crippen LogP contribution is 2.36. The van der Waals surface area contributed by atoms with Gasteiger partial charge in [0.15, 0.2) is 0 Å². The van der Waals surface area contributed by atoms with Crippen molar-refractivity contribution >= 4 is 35.8 Å². The highest BCUT2D eigenvalue weighted by atomic mass is 35.5. The Balaban J connectivity index is 2.07. The van der Waals surface area contributed by atoms with Crippen LogP contribution in [0.5, 0.6) is 0 Å². The van der Waals surface area contributed by atoms with E-state index in [-0.39, 0.29) is 12.5 Å². The van der Waals surface area contributed by atoms with Crippen LogP contribution in [0, 0.1) is 0 Å². The van der Waals surface area contributed by atoms with Gasteiger partial charge in [0.2, 0.25) is 0 Å². The first-order chi connectivity index (χ1) is 10.7. The summed E-state index contributed by atoms with van der Waals surface area (Å²) in [7, 11) is -0.461. The van der Waals surface area contributed by atoms with E-state index in [0.717, 1.165) is 5.46 Å². The van der Waals surface area contributed by atoms with Crippen LogP contribution >= 0.6 is 11.6 Å². The topological polar surface area (TPSA) is 56.8 Å². The van der Waals surface area contributed by atoms with E-state index in [2.05, 4.69) is 5.32 Å². The predicted octanol–water partition coefficient (Wildman–Crippen LogP) is 2.61. The summed E-state index contributed by atoms with van der Waals surface area (Å²) in [6, 6.07) is 5.47. The van der Waals surface area contributed by atoms with Crippen LogP contribution in [0.4, 0.5) is 5.69 Å². The molecule has 0 spiro atoms. The zero-order valence-corrected chi connectivity index (χ0v) is 15.0. The molecule has 1 saturated heterocycles. The number of ether oxygens (including phenoxy) is 1. The van der Waals surface area contributed by atoms with Crippen LogP contribution in [-0.2, 0) is 18.8 Å². The molecule has 126 valence electrons. The standard InChI is InChI=1S/C16H23BClNO4/c1-6-21-14(20)10-19-13-8-7-11(9-12(13)18)17-22-15(2,3)16(4,5)23-17/h7-9,19H,6,10H2,1-5H3. The van der Waals surface area contributed by atoms with Crippen LogP contribution < -0.4 is 10.8 Å². The zero-order chi connectivity index (χ0) is 17.3. The third-order valence-electron chi connectivity index (χ3n) is 4.25. The molecule has 0 saturated carbocycles. The maximum Gasteiger partial charge on any atom is 0.494 e. The molecule has 7 heteroatoms. The molecule has 0 unspecified atom stereocenters. The minimum absolute atomic E-state index is 0.0728. The van der Waals surface area contributed by atoms with Crippen LogP contribution in [0.15, 0.2) is 18.2 Å². The van der Waals surface area contributed by atoms with Crippen molar-refractivity contribution in [1.82, 2.24) is 0 Å².